The van der Waals surface area contributed by atoms with E-state index in [4.69, 9.17) is 9.47 Å². The number of ether oxygens (including phenoxy) is 3. The molecule has 0 unspecified atom stereocenters. The molecule has 0 fully saturated rings. The molecule has 1 aromatic rings. The second-order valence-corrected chi connectivity index (χ2v) is 4.65. The van der Waals surface area contributed by atoms with Gasteiger partial charge in [-0.25, -0.2) is 4.79 Å². The van der Waals surface area contributed by atoms with E-state index in [0.29, 0.717) is 12.4 Å². The maximum atomic E-state index is 11.1. The summed E-state index contributed by atoms with van der Waals surface area (Å²) < 4.78 is 15.7. The zero-order valence-corrected chi connectivity index (χ0v) is 11.4. The second kappa shape index (κ2) is 5.52. The van der Waals surface area contributed by atoms with Gasteiger partial charge in [0.05, 0.1) is 13.7 Å². The molecule has 5 heteroatoms. The zero-order valence-electron chi connectivity index (χ0n) is 10.5. The molecule has 4 nitrogen and oxygen atoms in total. The summed E-state index contributed by atoms with van der Waals surface area (Å²) in [5, 5.41) is 0. The van der Waals surface area contributed by atoms with Crippen LogP contribution in [0.25, 0.3) is 0 Å². The lowest BCUT2D eigenvalue weighted by Crippen LogP contribution is -2.16. The van der Waals surface area contributed by atoms with E-state index in [-0.39, 0.29) is 6.61 Å². The molecule has 1 aliphatic heterocycles. The van der Waals surface area contributed by atoms with Gasteiger partial charge in [-0.05, 0) is 31.4 Å². The molecule has 1 aliphatic rings. The maximum absolute atomic E-state index is 11.1. The number of carbonyl (C=O) groups excluding carboxylic acids is 1. The zero-order chi connectivity index (χ0) is 13.1. The molecule has 0 spiro atoms. The van der Waals surface area contributed by atoms with Crippen LogP contribution >= 0.6 is 12.6 Å². The monoisotopic (exact) mass is 268 g/mol. The van der Waals surface area contributed by atoms with Crippen LogP contribution < -0.4 is 9.47 Å². The number of esters is 1. The van der Waals surface area contributed by atoms with Gasteiger partial charge in [-0.15, -0.1) is 12.6 Å². The van der Waals surface area contributed by atoms with Gasteiger partial charge in [0.1, 0.15) is 11.5 Å². The highest BCUT2D eigenvalue weighted by Crippen LogP contribution is 2.40. The van der Waals surface area contributed by atoms with Crippen molar-refractivity contribution in [2.45, 2.75) is 24.7 Å². The van der Waals surface area contributed by atoms with Gasteiger partial charge in [-0.3, -0.25) is 0 Å². The summed E-state index contributed by atoms with van der Waals surface area (Å²) in [6, 6.07) is 1.89. The quantitative estimate of drug-likeness (QED) is 0.674. The second-order valence-electron chi connectivity index (χ2n) is 4.17. The molecule has 0 N–H and O–H groups in total. The van der Waals surface area contributed by atoms with Gasteiger partial charge in [0.15, 0.2) is 6.61 Å². The first-order valence-electron chi connectivity index (χ1n) is 5.81. The fraction of sp³-hybridized carbons (Fsp3) is 0.462. The molecular formula is C13H16O4S. The first-order chi connectivity index (χ1) is 8.63. The van der Waals surface area contributed by atoms with Crippen LogP contribution in [0.3, 0.4) is 0 Å². The lowest BCUT2D eigenvalue weighted by atomic mass is 10.0. The Hall–Kier alpha value is -1.36. The number of carbonyl (C=O) groups is 1. The van der Waals surface area contributed by atoms with E-state index in [9.17, 15) is 4.79 Å². The van der Waals surface area contributed by atoms with E-state index in [0.717, 1.165) is 34.6 Å². The van der Waals surface area contributed by atoms with Crippen molar-refractivity contribution in [3.8, 4) is 11.5 Å². The number of hydrogen-bond acceptors (Lipinski definition) is 5. The van der Waals surface area contributed by atoms with Gasteiger partial charge >= 0.3 is 5.97 Å². The fourth-order valence-corrected chi connectivity index (χ4v) is 2.43. The molecule has 2 rings (SSSR count). The largest absolute Gasteiger partial charge is 0.492 e. The van der Waals surface area contributed by atoms with Crippen LogP contribution in [-0.2, 0) is 16.0 Å². The Morgan fingerprint density at radius 3 is 3.06 bits per heavy atom. The third-order valence-electron chi connectivity index (χ3n) is 2.87. The Morgan fingerprint density at radius 2 is 2.33 bits per heavy atom. The highest BCUT2D eigenvalue weighted by Gasteiger charge is 2.21. The molecule has 1 aromatic carbocycles. The van der Waals surface area contributed by atoms with Gasteiger partial charge in [0.25, 0.3) is 0 Å². The molecule has 98 valence electrons. The predicted octanol–water partition coefficient (Wildman–Crippen LogP) is 2.16. The number of fused-ring (bicyclic) bond motifs is 1. The first kappa shape index (κ1) is 13.1. The number of hydrogen-bond donors (Lipinski definition) is 1. The van der Waals surface area contributed by atoms with Gasteiger partial charge in [-0.2, -0.15) is 0 Å². The van der Waals surface area contributed by atoms with Crippen LogP contribution in [0, 0.1) is 6.92 Å². The molecule has 0 aliphatic carbocycles. The average Bonchev–Trinajstić information content (AvgIpc) is 2.38. The predicted molar refractivity (Wildman–Crippen MR) is 69.8 cm³/mol. The van der Waals surface area contributed by atoms with E-state index in [1.54, 1.807) is 0 Å². The normalized spacial score (nSPS) is 13.5. The smallest absolute Gasteiger partial charge is 0.343 e. The molecule has 0 atom stereocenters. The molecule has 0 bridgehead atoms. The third-order valence-corrected chi connectivity index (χ3v) is 3.20. The Bertz CT molecular complexity index is 471. The van der Waals surface area contributed by atoms with Crippen molar-refractivity contribution in [2.75, 3.05) is 20.3 Å². The summed E-state index contributed by atoms with van der Waals surface area (Å²) in [7, 11) is 1.34. The fourth-order valence-electron chi connectivity index (χ4n) is 2.03. The van der Waals surface area contributed by atoms with Crippen LogP contribution in [0.5, 0.6) is 11.5 Å². The molecule has 0 amide bonds. The lowest BCUT2D eigenvalue weighted by molar-refractivity contribution is -0.142. The van der Waals surface area contributed by atoms with Crippen molar-refractivity contribution in [3.05, 3.63) is 17.2 Å². The minimum absolute atomic E-state index is 0.0876. The van der Waals surface area contributed by atoms with Crippen molar-refractivity contribution in [1.82, 2.24) is 0 Å². The summed E-state index contributed by atoms with van der Waals surface area (Å²) in [6.45, 7) is 2.54. The molecule has 1 heterocycles. The van der Waals surface area contributed by atoms with E-state index >= 15 is 0 Å². The Kier molecular flexibility index (Phi) is 4.01. The molecule has 0 aromatic heterocycles. The van der Waals surface area contributed by atoms with E-state index in [2.05, 4.69) is 17.4 Å². The van der Waals surface area contributed by atoms with Gasteiger partial charge < -0.3 is 14.2 Å². The van der Waals surface area contributed by atoms with Crippen molar-refractivity contribution in [2.24, 2.45) is 0 Å². The highest BCUT2D eigenvalue weighted by molar-refractivity contribution is 7.80. The van der Waals surface area contributed by atoms with E-state index in [1.807, 2.05) is 13.0 Å². The van der Waals surface area contributed by atoms with Crippen LogP contribution in [-0.4, -0.2) is 26.3 Å². The molecule has 0 saturated carbocycles. The summed E-state index contributed by atoms with van der Waals surface area (Å²) in [5.41, 5.74) is 1.95. The SMILES string of the molecule is COC(=O)COc1c(C)cc(S)c2c1CCCO2. The van der Waals surface area contributed by atoms with Crippen molar-refractivity contribution < 1.29 is 19.0 Å². The van der Waals surface area contributed by atoms with Gasteiger partial charge in [0, 0.05) is 10.5 Å². The molecule has 18 heavy (non-hydrogen) atoms. The standard InChI is InChI=1S/C13H16O4S/c1-8-6-10(18)13-9(4-3-5-16-13)12(8)17-7-11(14)15-2/h6,18H,3-5,7H2,1-2H3. The Labute approximate surface area is 112 Å². The minimum Gasteiger partial charge on any atom is -0.492 e. The number of thiol groups is 1. The van der Waals surface area contributed by atoms with Crippen LogP contribution in [0.2, 0.25) is 0 Å². The minimum atomic E-state index is -0.394. The average molecular weight is 268 g/mol. The summed E-state index contributed by atoms with van der Waals surface area (Å²) >= 11 is 4.41. The summed E-state index contributed by atoms with van der Waals surface area (Å²) in [5.74, 6) is 1.10. The van der Waals surface area contributed by atoms with Crippen molar-refractivity contribution in [3.63, 3.8) is 0 Å². The number of aryl methyl sites for hydroxylation is 1. The number of benzene rings is 1. The molecule has 0 saturated heterocycles. The topological polar surface area (TPSA) is 44.8 Å². The lowest BCUT2D eigenvalue weighted by Gasteiger charge is -2.23. The first-order valence-corrected chi connectivity index (χ1v) is 6.26. The van der Waals surface area contributed by atoms with Crippen molar-refractivity contribution >= 4 is 18.6 Å². The maximum Gasteiger partial charge on any atom is 0.343 e. The van der Waals surface area contributed by atoms with E-state index < -0.39 is 5.97 Å². The molecular weight excluding hydrogens is 252 g/mol. The van der Waals surface area contributed by atoms with Crippen LogP contribution in [0.15, 0.2) is 11.0 Å². The Morgan fingerprint density at radius 1 is 1.56 bits per heavy atom. The van der Waals surface area contributed by atoms with Crippen LogP contribution in [0.4, 0.5) is 0 Å². The molecule has 0 radical (unpaired) electrons. The van der Waals surface area contributed by atoms with Gasteiger partial charge in [0.2, 0.25) is 0 Å². The van der Waals surface area contributed by atoms with Crippen molar-refractivity contribution in [1.29, 1.82) is 0 Å². The number of methoxy groups -OCH3 is 1. The summed E-state index contributed by atoms with van der Waals surface area (Å²) in [6.07, 6.45) is 1.82. The van der Waals surface area contributed by atoms with Gasteiger partial charge in [-0.1, -0.05) is 0 Å². The van der Waals surface area contributed by atoms with E-state index in [1.165, 1.54) is 7.11 Å². The Balaban J connectivity index is 2.31. The van der Waals surface area contributed by atoms with Crippen LogP contribution in [0.1, 0.15) is 17.5 Å². The highest BCUT2D eigenvalue weighted by atomic mass is 32.1. The number of rotatable bonds is 3. The summed E-state index contributed by atoms with van der Waals surface area (Å²) in [4.78, 5) is 12.0. The third kappa shape index (κ3) is 2.56.